The highest BCUT2D eigenvalue weighted by Crippen LogP contribution is 2.21. The first-order valence-corrected chi connectivity index (χ1v) is 11.2. The molecule has 0 spiro atoms. The molecule has 2 fully saturated rings. The molecule has 0 aromatic carbocycles. The standard InChI is InChI=1S/C20H33N5OS.HI/c1-4-18-15-25(9-11-27-18)20(21-5-2)23-13-17-6-7-22-19(12-17)24-8-10-26-16(3)14-24;/h6-7,12,16,18H,4-5,8-11,13-15H2,1-3H3,(H,21,23);1H. The van der Waals surface area contributed by atoms with Gasteiger partial charge in [-0.2, -0.15) is 11.8 Å². The van der Waals surface area contributed by atoms with Gasteiger partial charge < -0.3 is 19.9 Å². The predicted octanol–water partition coefficient (Wildman–Crippen LogP) is 3.22. The number of ether oxygens (including phenoxy) is 1. The molecule has 28 heavy (non-hydrogen) atoms. The van der Waals surface area contributed by atoms with Crippen molar-refractivity contribution in [2.45, 2.75) is 45.1 Å². The zero-order valence-corrected chi connectivity index (χ0v) is 20.4. The molecule has 2 aliphatic rings. The van der Waals surface area contributed by atoms with Gasteiger partial charge in [0.1, 0.15) is 5.82 Å². The van der Waals surface area contributed by atoms with Gasteiger partial charge in [-0.15, -0.1) is 24.0 Å². The van der Waals surface area contributed by atoms with Crippen LogP contribution in [0.3, 0.4) is 0 Å². The van der Waals surface area contributed by atoms with Crippen LogP contribution in [0, 0.1) is 0 Å². The van der Waals surface area contributed by atoms with E-state index in [4.69, 9.17) is 9.73 Å². The van der Waals surface area contributed by atoms with Crippen molar-refractivity contribution in [2.75, 3.05) is 50.0 Å². The van der Waals surface area contributed by atoms with Crippen LogP contribution in [-0.4, -0.2) is 72.3 Å². The van der Waals surface area contributed by atoms with Crippen molar-refractivity contribution in [2.24, 2.45) is 4.99 Å². The SMILES string of the molecule is CCNC(=NCc1ccnc(N2CCOC(C)C2)c1)N1CCSC(CC)C1.I. The smallest absolute Gasteiger partial charge is 0.194 e. The van der Waals surface area contributed by atoms with Crippen molar-refractivity contribution in [1.82, 2.24) is 15.2 Å². The third-order valence-electron chi connectivity index (χ3n) is 5.01. The van der Waals surface area contributed by atoms with Crippen LogP contribution in [0.25, 0.3) is 0 Å². The summed E-state index contributed by atoms with van der Waals surface area (Å²) in [6, 6.07) is 4.24. The number of halogens is 1. The quantitative estimate of drug-likeness (QED) is 0.367. The van der Waals surface area contributed by atoms with E-state index in [0.29, 0.717) is 11.8 Å². The van der Waals surface area contributed by atoms with E-state index < -0.39 is 0 Å². The first-order valence-electron chi connectivity index (χ1n) is 10.2. The van der Waals surface area contributed by atoms with Gasteiger partial charge in [0.05, 0.1) is 19.3 Å². The molecule has 2 atom stereocenters. The van der Waals surface area contributed by atoms with E-state index >= 15 is 0 Å². The second-order valence-electron chi connectivity index (χ2n) is 7.17. The normalized spacial score (nSPS) is 23.3. The van der Waals surface area contributed by atoms with E-state index in [1.807, 2.05) is 6.20 Å². The summed E-state index contributed by atoms with van der Waals surface area (Å²) in [5, 5.41) is 4.18. The number of rotatable bonds is 5. The number of pyridine rings is 1. The average molecular weight is 519 g/mol. The van der Waals surface area contributed by atoms with E-state index in [2.05, 4.69) is 64.8 Å². The molecule has 1 aromatic heterocycles. The summed E-state index contributed by atoms with van der Waals surface area (Å²) in [7, 11) is 0. The summed E-state index contributed by atoms with van der Waals surface area (Å²) < 4.78 is 5.64. The Morgan fingerprint density at radius 1 is 1.36 bits per heavy atom. The monoisotopic (exact) mass is 519 g/mol. The first kappa shape index (κ1) is 23.5. The summed E-state index contributed by atoms with van der Waals surface area (Å²) in [5.41, 5.74) is 1.20. The zero-order valence-electron chi connectivity index (χ0n) is 17.3. The van der Waals surface area contributed by atoms with Gasteiger partial charge in [0.25, 0.3) is 0 Å². The predicted molar refractivity (Wildman–Crippen MR) is 130 cm³/mol. The molecule has 3 heterocycles. The summed E-state index contributed by atoms with van der Waals surface area (Å²) in [6.45, 7) is 12.8. The van der Waals surface area contributed by atoms with Crippen LogP contribution in [0.2, 0.25) is 0 Å². The highest BCUT2D eigenvalue weighted by atomic mass is 127. The molecule has 158 valence electrons. The average Bonchev–Trinajstić information content (AvgIpc) is 2.71. The lowest BCUT2D eigenvalue weighted by Gasteiger charge is -2.34. The van der Waals surface area contributed by atoms with Gasteiger partial charge in [0.15, 0.2) is 5.96 Å². The molecule has 1 aromatic rings. The fraction of sp³-hybridized carbons (Fsp3) is 0.700. The summed E-state index contributed by atoms with van der Waals surface area (Å²) in [4.78, 5) is 14.2. The van der Waals surface area contributed by atoms with Gasteiger partial charge in [-0.05, 0) is 38.0 Å². The number of thioether (sulfide) groups is 1. The van der Waals surface area contributed by atoms with E-state index in [-0.39, 0.29) is 30.1 Å². The van der Waals surface area contributed by atoms with Gasteiger partial charge >= 0.3 is 0 Å². The molecule has 2 saturated heterocycles. The summed E-state index contributed by atoms with van der Waals surface area (Å²) in [6.07, 6.45) is 3.37. The fourth-order valence-corrected chi connectivity index (χ4v) is 4.69. The van der Waals surface area contributed by atoms with Crippen molar-refractivity contribution in [3.63, 3.8) is 0 Å². The number of hydrogen-bond donors (Lipinski definition) is 1. The molecule has 0 bridgehead atoms. The Morgan fingerprint density at radius 2 is 2.21 bits per heavy atom. The molecule has 1 N–H and O–H groups in total. The molecule has 0 aliphatic carbocycles. The number of nitrogens with zero attached hydrogens (tertiary/aromatic N) is 4. The number of aromatic nitrogens is 1. The maximum absolute atomic E-state index is 5.64. The largest absolute Gasteiger partial charge is 0.375 e. The Bertz CT molecular complexity index is 632. The van der Waals surface area contributed by atoms with Crippen LogP contribution in [0.15, 0.2) is 23.3 Å². The second-order valence-corrected chi connectivity index (χ2v) is 8.58. The number of nitrogens with one attached hydrogen (secondary N) is 1. The van der Waals surface area contributed by atoms with E-state index in [9.17, 15) is 0 Å². The highest BCUT2D eigenvalue weighted by molar-refractivity contribution is 14.0. The maximum atomic E-state index is 5.64. The van der Waals surface area contributed by atoms with Crippen LogP contribution in [-0.2, 0) is 11.3 Å². The van der Waals surface area contributed by atoms with Gasteiger partial charge in [0.2, 0.25) is 0 Å². The van der Waals surface area contributed by atoms with E-state index in [1.165, 1.54) is 17.7 Å². The molecule has 2 unspecified atom stereocenters. The molecule has 0 radical (unpaired) electrons. The van der Waals surface area contributed by atoms with Crippen LogP contribution >= 0.6 is 35.7 Å². The molecule has 0 amide bonds. The first-order chi connectivity index (χ1) is 13.2. The van der Waals surface area contributed by atoms with Crippen LogP contribution in [0.1, 0.15) is 32.8 Å². The van der Waals surface area contributed by atoms with E-state index in [1.54, 1.807) is 0 Å². The zero-order chi connectivity index (χ0) is 19.1. The Labute approximate surface area is 190 Å². The lowest BCUT2D eigenvalue weighted by atomic mass is 10.2. The number of morpholine rings is 1. The van der Waals surface area contributed by atoms with Crippen molar-refractivity contribution in [3.05, 3.63) is 23.9 Å². The maximum Gasteiger partial charge on any atom is 0.194 e. The molecule has 2 aliphatic heterocycles. The number of aliphatic imine (C=N–C) groups is 1. The number of guanidine groups is 1. The van der Waals surface area contributed by atoms with Crippen LogP contribution in [0.5, 0.6) is 0 Å². The van der Waals surface area contributed by atoms with Crippen LogP contribution < -0.4 is 10.2 Å². The minimum atomic E-state index is 0. The Hall–Kier alpha value is -0.740. The molecule has 8 heteroatoms. The molecule has 3 rings (SSSR count). The topological polar surface area (TPSA) is 53.0 Å². The van der Waals surface area contributed by atoms with Gasteiger partial charge in [-0.1, -0.05) is 6.92 Å². The van der Waals surface area contributed by atoms with Gasteiger partial charge in [-0.3, -0.25) is 0 Å². The fourth-order valence-electron chi connectivity index (χ4n) is 3.51. The molecular formula is C20H34IN5OS. The van der Waals surface area contributed by atoms with E-state index in [0.717, 1.165) is 51.1 Å². The number of hydrogen-bond acceptors (Lipinski definition) is 5. The third kappa shape index (κ3) is 6.66. The lowest BCUT2D eigenvalue weighted by molar-refractivity contribution is 0.0529. The highest BCUT2D eigenvalue weighted by Gasteiger charge is 2.21. The minimum absolute atomic E-state index is 0. The summed E-state index contributed by atoms with van der Waals surface area (Å²) >= 11 is 2.09. The Morgan fingerprint density at radius 3 is 2.96 bits per heavy atom. The van der Waals surface area contributed by atoms with Crippen molar-refractivity contribution < 1.29 is 4.74 Å². The minimum Gasteiger partial charge on any atom is -0.375 e. The van der Waals surface area contributed by atoms with Gasteiger partial charge in [0, 0.05) is 49.9 Å². The molecule has 0 saturated carbocycles. The lowest BCUT2D eigenvalue weighted by Crippen LogP contribution is -2.48. The molecule has 6 nitrogen and oxygen atoms in total. The van der Waals surface area contributed by atoms with Crippen LogP contribution in [0.4, 0.5) is 5.82 Å². The second kappa shape index (κ2) is 12.1. The van der Waals surface area contributed by atoms with Gasteiger partial charge in [-0.25, -0.2) is 9.98 Å². The van der Waals surface area contributed by atoms with Crippen molar-refractivity contribution in [3.8, 4) is 0 Å². The van der Waals surface area contributed by atoms with Crippen molar-refractivity contribution in [1.29, 1.82) is 0 Å². The Kier molecular flexibility index (Phi) is 10.1. The van der Waals surface area contributed by atoms with Crippen molar-refractivity contribution >= 4 is 47.5 Å². The summed E-state index contributed by atoms with van der Waals surface area (Å²) in [5.74, 6) is 3.25. The Balaban J connectivity index is 0.00000280. The number of anilines is 1. The third-order valence-corrected chi connectivity index (χ3v) is 6.39. The molecular weight excluding hydrogens is 485 g/mol.